The van der Waals surface area contributed by atoms with Gasteiger partial charge in [0.15, 0.2) is 5.13 Å². The SMILES string of the molecule is CNc1nc(-c2ccc(OC)c(C(F)(F)F)c2)c(CN2CCCC2)s1. The van der Waals surface area contributed by atoms with E-state index in [1.165, 1.54) is 24.5 Å². The molecule has 0 unspecified atom stereocenters. The summed E-state index contributed by atoms with van der Waals surface area (Å²) in [5.41, 5.74) is 0.285. The molecule has 2 heterocycles. The monoisotopic (exact) mass is 371 g/mol. The molecule has 0 atom stereocenters. The fraction of sp³-hybridized carbons (Fsp3) is 0.471. The Morgan fingerprint density at radius 1 is 1.28 bits per heavy atom. The van der Waals surface area contributed by atoms with Crippen LogP contribution >= 0.6 is 11.3 Å². The van der Waals surface area contributed by atoms with Crippen LogP contribution in [0, 0.1) is 0 Å². The van der Waals surface area contributed by atoms with Crippen molar-refractivity contribution < 1.29 is 17.9 Å². The average Bonchev–Trinajstić information content (AvgIpc) is 3.23. The summed E-state index contributed by atoms with van der Waals surface area (Å²) < 4.78 is 44.8. The zero-order valence-electron chi connectivity index (χ0n) is 14.1. The molecule has 0 amide bonds. The number of aromatic nitrogens is 1. The largest absolute Gasteiger partial charge is 0.496 e. The molecule has 25 heavy (non-hydrogen) atoms. The Labute approximate surface area is 148 Å². The molecule has 1 aliphatic rings. The first-order chi connectivity index (χ1) is 11.9. The molecule has 1 aromatic carbocycles. The van der Waals surface area contributed by atoms with Gasteiger partial charge in [0.25, 0.3) is 0 Å². The van der Waals surface area contributed by atoms with Crippen molar-refractivity contribution >= 4 is 16.5 Å². The Balaban J connectivity index is 2.01. The molecular weight excluding hydrogens is 351 g/mol. The number of thiazole rings is 1. The molecule has 136 valence electrons. The zero-order valence-corrected chi connectivity index (χ0v) is 14.9. The van der Waals surface area contributed by atoms with Crippen molar-refractivity contribution in [2.45, 2.75) is 25.6 Å². The zero-order chi connectivity index (χ0) is 18.0. The summed E-state index contributed by atoms with van der Waals surface area (Å²) in [5.74, 6) is -0.179. The van der Waals surface area contributed by atoms with Gasteiger partial charge in [-0.3, -0.25) is 4.90 Å². The molecule has 4 nitrogen and oxygen atoms in total. The number of methoxy groups -OCH3 is 1. The number of alkyl halides is 3. The third-order valence-corrected chi connectivity index (χ3v) is 5.31. The van der Waals surface area contributed by atoms with Gasteiger partial charge in [-0.1, -0.05) is 0 Å². The number of halogens is 3. The number of nitrogens with one attached hydrogen (secondary N) is 1. The van der Waals surface area contributed by atoms with E-state index < -0.39 is 11.7 Å². The molecule has 0 radical (unpaired) electrons. The second-order valence-corrected chi connectivity index (χ2v) is 7.02. The lowest BCUT2D eigenvalue weighted by molar-refractivity contribution is -0.138. The number of rotatable bonds is 5. The number of benzene rings is 1. The van der Waals surface area contributed by atoms with E-state index in [4.69, 9.17) is 4.74 Å². The van der Waals surface area contributed by atoms with Gasteiger partial charge in [-0.15, -0.1) is 11.3 Å². The average molecular weight is 371 g/mol. The summed E-state index contributed by atoms with van der Waals surface area (Å²) in [7, 11) is 3.00. The standard InChI is InChI=1S/C17H20F3N3OS/c1-21-16-22-15(14(25-16)10-23-7-3-4-8-23)11-5-6-13(24-2)12(9-11)17(18,19)20/h5-6,9H,3-4,7-8,10H2,1-2H3,(H,21,22). The lowest BCUT2D eigenvalue weighted by Gasteiger charge is -2.15. The second-order valence-electron chi connectivity index (χ2n) is 5.94. The van der Waals surface area contributed by atoms with Crippen LogP contribution in [0.25, 0.3) is 11.3 Å². The quantitative estimate of drug-likeness (QED) is 0.841. The number of likely N-dealkylation sites (tertiary alicyclic amines) is 1. The summed E-state index contributed by atoms with van der Waals surface area (Å²) in [4.78, 5) is 7.78. The number of hydrogen-bond donors (Lipinski definition) is 1. The first-order valence-corrected chi connectivity index (χ1v) is 8.89. The van der Waals surface area contributed by atoms with Crippen molar-refractivity contribution in [1.29, 1.82) is 0 Å². The molecule has 0 saturated carbocycles. The van der Waals surface area contributed by atoms with E-state index in [9.17, 15) is 13.2 Å². The highest BCUT2D eigenvalue weighted by Gasteiger charge is 2.35. The smallest absolute Gasteiger partial charge is 0.419 e. The lowest BCUT2D eigenvalue weighted by atomic mass is 10.1. The van der Waals surface area contributed by atoms with Gasteiger partial charge < -0.3 is 10.1 Å². The van der Waals surface area contributed by atoms with Gasteiger partial charge in [0.2, 0.25) is 0 Å². The molecule has 1 aromatic heterocycles. The molecule has 3 rings (SSSR count). The minimum Gasteiger partial charge on any atom is -0.496 e. The third-order valence-electron chi connectivity index (χ3n) is 4.26. The molecule has 1 aliphatic heterocycles. The van der Waals surface area contributed by atoms with Crippen molar-refractivity contribution in [3.8, 4) is 17.0 Å². The van der Waals surface area contributed by atoms with E-state index in [0.29, 0.717) is 22.9 Å². The number of ether oxygens (including phenoxy) is 1. The fourth-order valence-electron chi connectivity index (χ4n) is 3.01. The first kappa shape index (κ1) is 18.0. The van der Waals surface area contributed by atoms with E-state index in [0.717, 1.165) is 36.9 Å². The van der Waals surface area contributed by atoms with Crippen molar-refractivity contribution in [1.82, 2.24) is 9.88 Å². The van der Waals surface area contributed by atoms with Crippen LogP contribution in [0.5, 0.6) is 5.75 Å². The van der Waals surface area contributed by atoms with Crippen molar-refractivity contribution in [3.05, 3.63) is 28.6 Å². The molecule has 8 heteroatoms. The van der Waals surface area contributed by atoms with Crippen LogP contribution in [-0.4, -0.2) is 37.1 Å². The van der Waals surface area contributed by atoms with Crippen molar-refractivity contribution in [2.24, 2.45) is 0 Å². The van der Waals surface area contributed by atoms with Gasteiger partial charge in [-0.05, 0) is 44.1 Å². The highest BCUT2D eigenvalue weighted by Crippen LogP contribution is 2.40. The van der Waals surface area contributed by atoms with E-state index in [2.05, 4.69) is 15.2 Å². The summed E-state index contributed by atoms with van der Waals surface area (Å²) in [6, 6.07) is 4.12. The molecule has 0 bridgehead atoms. The number of anilines is 1. The molecule has 0 aliphatic carbocycles. The van der Waals surface area contributed by atoms with Crippen LogP contribution in [-0.2, 0) is 12.7 Å². The third kappa shape index (κ3) is 3.90. The van der Waals surface area contributed by atoms with Crippen molar-refractivity contribution in [2.75, 3.05) is 32.6 Å². The predicted molar refractivity (Wildman–Crippen MR) is 93.2 cm³/mol. The Morgan fingerprint density at radius 3 is 2.60 bits per heavy atom. The van der Waals surface area contributed by atoms with Crippen LogP contribution in [0.2, 0.25) is 0 Å². The van der Waals surface area contributed by atoms with Crippen LogP contribution in [0.1, 0.15) is 23.3 Å². The summed E-state index contributed by atoms with van der Waals surface area (Å²) in [5, 5.41) is 3.69. The maximum Gasteiger partial charge on any atom is 0.419 e. The first-order valence-electron chi connectivity index (χ1n) is 8.08. The number of nitrogens with zero attached hydrogens (tertiary/aromatic N) is 2. The Bertz CT molecular complexity index is 739. The van der Waals surface area contributed by atoms with E-state index in [1.54, 1.807) is 13.1 Å². The van der Waals surface area contributed by atoms with Gasteiger partial charge in [0.05, 0.1) is 18.4 Å². The molecule has 0 spiro atoms. The summed E-state index contributed by atoms with van der Waals surface area (Å²) >= 11 is 1.49. The highest BCUT2D eigenvalue weighted by atomic mass is 32.1. The molecule has 1 fully saturated rings. The normalized spacial score (nSPS) is 15.6. The predicted octanol–water partition coefficient (Wildman–Crippen LogP) is 4.48. The number of hydrogen-bond acceptors (Lipinski definition) is 5. The van der Waals surface area contributed by atoms with Gasteiger partial charge in [-0.2, -0.15) is 13.2 Å². The van der Waals surface area contributed by atoms with E-state index in [1.807, 2.05) is 0 Å². The van der Waals surface area contributed by atoms with Crippen molar-refractivity contribution in [3.63, 3.8) is 0 Å². The van der Waals surface area contributed by atoms with Crippen LogP contribution in [0.4, 0.5) is 18.3 Å². The maximum atomic E-state index is 13.3. The Morgan fingerprint density at radius 2 is 2.00 bits per heavy atom. The minimum atomic E-state index is -4.47. The summed E-state index contributed by atoms with van der Waals surface area (Å²) in [6.45, 7) is 2.74. The van der Waals surface area contributed by atoms with Crippen LogP contribution in [0.3, 0.4) is 0 Å². The van der Waals surface area contributed by atoms with Crippen LogP contribution < -0.4 is 10.1 Å². The molecule has 2 aromatic rings. The highest BCUT2D eigenvalue weighted by molar-refractivity contribution is 7.16. The minimum absolute atomic E-state index is 0.179. The molecule has 1 N–H and O–H groups in total. The van der Waals surface area contributed by atoms with E-state index >= 15 is 0 Å². The van der Waals surface area contributed by atoms with Gasteiger partial charge in [-0.25, -0.2) is 4.98 Å². The Hall–Kier alpha value is -1.80. The maximum absolute atomic E-state index is 13.3. The van der Waals surface area contributed by atoms with Gasteiger partial charge in [0.1, 0.15) is 5.75 Å². The van der Waals surface area contributed by atoms with E-state index in [-0.39, 0.29) is 5.75 Å². The topological polar surface area (TPSA) is 37.4 Å². The molecular formula is C17H20F3N3OS. The van der Waals surface area contributed by atoms with Gasteiger partial charge in [0, 0.05) is 24.0 Å². The molecule has 1 saturated heterocycles. The second kappa shape index (κ2) is 7.21. The fourth-order valence-corrected chi connectivity index (χ4v) is 3.99. The lowest BCUT2D eigenvalue weighted by Crippen LogP contribution is -2.18. The Kier molecular flexibility index (Phi) is 5.19. The van der Waals surface area contributed by atoms with Gasteiger partial charge >= 0.3 is 6.18 Å². The summed E-state index contributed by atoms with van der Waals surface area (Å²) in [6.07, 6.45) is -2.15. The van der Waals surface area contributed by atoms with Crippen LogP contribution in [0.15, 0.2) is 18.2 Å².